The van der Waals surface area contributed by atoms with Gasteiger partial charge in [-0.3, -0.25) is 0 Å². The summed E-state index contributed by atoms with van der Waals surface area (Å²) < 4.78 is 0. The monoisotopic (exact) mass is 248 g/mol. The Morgan fingerprint density at radius 3 is 2.88 bits per heavy atom. The normalized spacial score (nSPS) is 10.7. The number of rotatable bonds is 5. The predicted molar refractivity (Wildman–Crippen MR) is 69.0 cm³/mol. The maximum atomic E-state index is 4.42. The first kappa shape index (κ1) is 12.1. The van der Waals surface area contributed by atoms with E-state index >= 15 is 0 Å². The van der Waals surface area contributed by atoms with Gasteiger partial charge >= 0.3 is 0 Å². The van der Waals surface area contributed by atoms with Crippen molar-refractivity contribution >= 4 is 11.3 Å². The van der Waals surface area contributed by atoms with Gasteiger partial charge in [0.25, 0.3) is 0 Å². The fourth-order valence-electron chi connectivity index (χ4n) is 1.53. The summed E-state index contributed by atoms with van der Waals surface area (Å²) in [6.07, 6.45) is 2.77. The summed E-state index contributed by atoms with van der Waals surface area (Å²) >= 11 is 1.72. The zero-order valence-electron chi connectivity index (χ0n) is 10.1. The molecule has 90 valence electrons. The molecule has 0 aliphatic rings. The second-order valence-corrected chi connectivity index (χ2v) is 4.85. The maximum Gasteiger partial charge on any atom is 0.125 e. The van der Waals surface area contributed by atoms with E-state index in [9.17, 15) is 0 Å². The standard InChI is InChI=1S/C12H16N4S/c1-9-8-17-12(15-9)4-5-13-7-11-3-6-14-10(2)16-11/h3,6,8,13H,4-5,7H2,1-2H3. The van der Waals surface area contributed by atoms with E-state index in [4.69, 9.17) is 0 Å². The van der Waals surface area contributed by atoms with Crippen LogP contribution < -0.4 is 5.32 Å². The summed E-state index contributed by atoms with van der Waals surface area (Å²) in [6.45, 7) is 5.64. The molecule has 0 spiro atoms. The molecule has 0 unspecified atom stereocenters. The molecule has 0 saturated carbocycles. The lowest BCUT2D eigenvalue weighted by molar-refractivity contribution is 0.669. The highest BCUT2D eigenvalue weighted by atomic mass is 32.1. The van der Waals surface area contributed by atoms with Crippen molar-refractivity contribution in [3.8, 4) is 0 Å². The third kappa shape index (κ3) is 3.87. The van der Waals surface area contributed by atoms with Crippen molar-refractivity contribution in [2.75, 3.05) is 6.54 Å². The van der Waals surface area contributed by atoms with Crippen LogP contribution in [-0.2, 0) is 13.0 Å². The average Bonchev–Trinajstić information content (AvgIpc) is 2.71. The van der Waals surface area contributed by atoms with Gasteiger partial charge in [-0.05, 0) is 19.9 Å². The topological polar surface area (TPSA) is 50.7 Å². The number of hydrogen-bond acceptors (Lipinski definition) is 5. The van der Waals surface area contributed by atoms with Gasteiger partial charge in [0, 0.05) is 36.8 Å². The van der Waals surface area contributed by atoms with Gasteiger partial charge in [0.05, 0.1) is 10.7 Å². The van der Waals surface area contributed by atoms with Gasteiger partial charge < -0.3 is 5.32 Å². The fourth-order valence-corrected chi connectivity index (χ4v) is 2.31. The quantitative estimate of drug-likeness (QED) is 0.821. The van der Waals surface area contributed by atoms with Crippen molar-refractivity contribution in [3.05, 3.63) is 39.9 Å². The molecule has 0 aliphatic carbocycles. The molecule has 0 saturated heterocycles. The number of aromatic nitrogens is 3. The van der Waals surface area contributed by atoms with E-state index in [-0.39, 0.29) is 0 Å². The highest BCUT2D eigenvalue weighted by Gasteiger charge is 1.99. The Morgan fingerprint density at radius 1 is 1.29 bits per heavy atom. The molecule has 0 aromatic carbocycles. The Hall–Kier alpha value is -1.33. The molecule has 17 heavy (non-hydrogen) atoms. The van der Waals surface area contributed by atoms with Crippen LogP contribution in [0.5, 0.6) is 0 Å². The van der Waals surface area contributed by atoms with Crippen molar-refractivity contribution < 1.29 is 0 Å². The van der Waals surface area contributed by atoms with Gasteiger partial charge in [-0.1, -0.05) is 0 Å². The number of hydrogen-bond donors (Lipinski definition) is 1. The van der Waals surface area contributed by atoms with E-state index < -0.39 is 0 Å². The Bertz CT molecular complexity index is 481. The number of aryl methyl sites for hydroxylation is 2. The average molecular weight is 248 g/mol. The summed E-state index contributed by atoms with van der Waals surface area (Å²) in [5.41, 5.74) is 2.14. The van der Waals surface area contributed by atoms with Crippen molar-refractivity contribution in [1.82, 2.24) is 20.3 Å². The van der Waals surface area contributed by atoms with E-state index in [1.165, 1.54) is 5.01 Å². The first-order valence-corrected chi connectivity index (χ1v) is 6.52. The molecule has 0 amide bonds. The lowest BCUT2D eigenvalue weighted by atomic mass is 10.3. The predicted octanol–water partition coefficient (Wildman–Crippen LogP) is 1.88. The van der Waals surface area contributed by atoms with Crippen molar-refractivity contribution in [2.24, 2.45) is 0 Å². The molecule has 4 nitrogen and oxygen atoms in total. The largest absolute Gasteiger partial charge is 0.311 e. The van der Waals surface area contributed by atoms with Crippen LogP contribution >= 0.6 is 11.3 Å². The molecule has 2 aromatic heterocycles. The van der Waals surface area contributed by atoms with E-state index in [2.05, 4.69) is 25.6 Å². The lowest BCUT2D eigenvalue weighted by Gasteiger charge is -2.03. The summed E-state index contributed by atoms with van der Waals surface area (Å²) in [7, 11) is 0. The molecule has 5 heteroatoms. The minimum absolute atomic E-state index is 0.785. The van der Waals surface area contributed by atoms with E-state index in [0.29, 0.717) is 0 Å². The van der Waals surface area contributed by atoms with Gasteiger partial charge in [-0.2, -0.15) is 0 Å². The zero-order chi connectivity index (χ0) is 12.1. The molecule has 0 bridgehead atoms. The fraction of sp³-hybridized carbons (Fsp3) is 0.417. The minimum atomic E-state index is 0.785. The molecular formula is C12H16N4S. The molecule has 0 atom stereocenters. The molecule has 0 radical (unpaired) electrons. The van der Waals surface area contributed by atoms with Crippen LogP contribution in [0.15, 0.2) is 17.6 Å². The highest BCUT2D eigenvalue weighted by Crippen LogP contribution is 2.08. The van der Waals surface area contributed by atoms with Crippen molar-refractivity contribution in [3.63, 3.8) is 0 Å². The van der Waals surface area contributed by atoms with Gasteiger partial charge in [0.2, 0.25) is 0 Å². The number of thiazole rings is 1. The van der Waals surface area contributed by atoms with Crippen molar-refractivity contribution in [2.45, 2.75) is 26.8 Å². The maximum absolute atomic E-state index is 4.42. The summed E-state index contributed by atoms with van der Waals surface area (Å²) in [4.78, 5) is 12.8. The van der Waals surface area contributed by atoms with Crippen LogP contribution in [0.25, 0.3) is 0 Å². The molecule has 2 heterocycles. The zero-order valence-corrected chi connectivity index (χ0v) is 10.9. The Balaban J connectivity index is 1.73. The van der Waals surface area contributed by atoms with Crippen LogP contribution in [0.4, 0.5) is 0 Å². The van der Waals surface area contributed by atoms with Gasteiger partial charge in [0.1, 0.15) is 5.82 Å². The molecule has 1 N–H and O–H groups in total. The smallest absolute Gasteiger partial charge is 0.125 e. The molecule has 2 rings (SSSR count). The van der Waals surface area contributed by atoms with Crippen LogP contribution in [0.2, 0.25) is 0 Å². The first-order valence-electron chi connectivity index (χ1n) is 5.64. The second-order valence-electron chi connectivity index (χ2n) is 3.90. The second kappa shape index (κ2) is 5.84. The highest BCUT2D eigenvalue weighted by molar-refractivity contribution is 7.09. The van der Waals surface area contributed by atoms with Gasteiger partial charge in [-0.15, -0.1) is 11.3 Å². The Morgan fingerprint density at radius 2 is 2.18 bits per heavy atom. The minimum Gasteiger partial charge on any atom is -0.311 e. The number of nitrogens with zero attached hydrogens (tertiary/aromatic N) is 3. The van der Waals surface area contributed by atoms with Crippen LogP contribution in [0, 0.1) is 13.8 Å². The van der Waals surface area contributed by atoms with Gasteiger partial charge in [-0.25, -0.2) is 15.0 Å². The summed E-state index contributed by atoms with van der Waals surface area (Å²) in [5.74, 6) is 0.819. The molecule has 0 aliphatic heterocycles. The van der Waals surface area contributed by atoms with Crippen LogP contribution in [-0.4, -0.2) is 21.5 Å². The third-order valence-corrected chi connectivity index (χ3v) is 3.35. The van der Waals surface area contributed by atoms with Crippen LogP contribution in [0.3, 0.4) is 0 Å². The lowest BCUT2D eigenvalue weighted by Crippen LogP contribution is -2.17. The SMILES string of the molecule is Cc1csc(CCNCc2ccnc(C)n2)n1. The number of nitrogens with one attached hydrogen (secondary N) is 1. The van der Waals surface area contributed by atoms with Gasteiger partial charge in [0.15, 0.2) is 0 Å². The molecule has 0 fully saturated rings. The van der Waals surface area contributed by atoms with E-state index in [0.717, 1.165) is 36.7 Å². The summed E-state index contributed by atoms with van der Waals surface area (Å²) in [6, 6.07) is 1.94. The molecule has 2 aromatic rings. The Kier molecular flexibility index (Phi) is 4.17. The first-order chi connectivity index (χ1) is 8.24. The van der Waals surface area contributed by atoms with Crippen LogP contribution in [0.1, 0.15) is 22.2 Å². The third-order valence-electron chi connectivity index (χ3n) is 2.32. The molecular weight excluding hydrogens is 232 g/mol. The van der Waals surface area contributed by atoms with E-state index in [1.54, 1.807) is 17.5 Å². The Labute approximate surface area is 105 Å². The van der Waals surface area contributed by atoms with Crippen molar-refractivity contribution in [1.29, 1.82) is 0 Å². The summed E-state index contributed by atoms with van der Waals surface area (Å²) in [5, 5.41) is 6.64. The van der Waals surface area contributed by atoms with E-state index in [1.807, 2.05) is 19.9 Å².